The van der Waals surface area contributed by atoms with Crippen molar-refractivity contribution in [2.24, 2.45) is 5.92 Å². The molecule has 0 N–H and O–H groups in total. The van der Waals surface area contributed by atoms with Crippen molar-refractivity contribution in [1.29, 1.82) is 5.26 Å². The third kappa shape index (κ3) is 6.13. The summed E-state index contributed by atoms with van der Waals surface area (Å²) >= 11 is 11.8. The van der Waals surface area contributed by atoms with Gasteiger partial charge in [-0.15, -0.1) is 0 Å². The third-order valence-corrected chi connectivity index (χ3v) is 3.67. The maximum atomic E-state index is 12.1. The lowest BCUT2D eigenvalue weighted by Gasteiger charge is -2.22. The highest BCUT2D eigenvalue weighted by molar-refractivity contribution is 6.35. The molecule has 4 nitrogen and oxygen atoms in total. The topological polar surface area (TPSA) is 53.3 Å². The average molecular weight is 343 g/mol. The first kappa shape index (κ1) is 18.6. The van der Waals surface area contributed by atoms with Gasteiger partial charge in [-0.3, -0.25) is 4.79 Å². The number of nitrogens with zero attached hydrogens (tertiary/aromatic N) is 2. The van der Waals surface area contributed by atoms with Crippen LogP contribution in [-0.2, 0) is 4.79 Å². The summed E-state index contributed by atoms with van der Waals surface area (Å²) in [4.78, 5) is 13.8. The van der Waals surface area contributed by atoms with E-state index in [1.807, 2.05) is 13.8 Å². The molecule has 1 aromatic carbocycles. The fourth-order valence-corrected chi connectivity index (χ4v) is 2.40. The first-order chi connectivity index (χ1) is 10.5. The van der Waals surface area contributed by atoms with Gasteiger partial charge in [0.25, 0.3) is 0 Å². The molecule has 1 amide bonds. The van der Waals surface area contributed by atoms with Crippen LogP contribution in [0.4, 0.5) is 0 Å². The summed E-state index contributed by atoms with van der Waals surface area (Å²) in [5.74, 6) is 0.437. The smallest absolute Gasteiger partial charge is 0.222 e. The maximum absolute atomic E-state index is 12.1. The van der Waals surface area contributed by atoms with Gasteiger partial charge in [0.1, 0.15) is 5.75 Å². The van der Waals surface area contributed by atoms with E-state index in [1.165, 1.54) is 0 Å². The van der Waals surface area contributed by atoms with Gasteiger partial charge in [0.05, 0.1) is 23.6 Å². The highest BCUT2D eigenvalue weighted by atomic mass is 35.5. The number of carbonyl (C=O) groups is 1. The van der Waals surface area contributed by atoms with Gasteiger partial charge in [-0.2, -0.15) is 5.26 Å². The molecule has 0 saturated heterocycles. The zero-order chi connectivity index (χ0) is 16.5. The Bertz CT molecular complexity index is 543. The minimum Gasteiger partial charge on any atom is -0.492 e. The van der Waals surface area contributed by atoms with E-state index in [1.54, 1.807) is 23.1 Å². The van der Waals surface area contributed by atoms with Gasteiger partial charge in [-0.1, -0.05) is 23.2 Å². The number of nitriles is 1. The number of amides is 1. The second-order valence-electron chi connectivity index (χ2n) is 4.99. The molecule has 0 aromatic heterocycles. The van der Waals surface area contributed by atoms with E-state index >= 15 is 0 Å². The van der Waals surface area contributed by atoms with Gasteiger partial charge in [0.2, 0.25) is 5.91 Å². The van der Waals surface area contributed by atoms with Gasteiger partial charge in [-0.05, 0) is 38.5 Å². The largest absolute Gasteiger partial charge is 0.492 e. The molecule has 0 radical (unpaired) electrons. The number of benzene rings is 1. The number of carbonyl (C=O) groups excluding carboxylic acids is 1. The lowest BCUT2D eigenvalue weighted by atomic mass is 10.2. The van der Waals surface area contributed by atoms with Crippen molar-refractivity contribution in [1.82, 2.24) is 4.90 Å². The van der Waals surface area contributed by atoms with Crippen LogP contribution in [0.25, 0.3) is 0 Å². The Morgan fingerprint density at radius 3 is 2.77 bits per heavy atom. The molecule has 0 spiro atoms. The van der Waals surface area contributed by atoms with Crippen molar-refractivity contribution in [3.63, 3.8) is 0 Å². The van der Waals surface area contributed by atoms with E-state index in [-0.39, 0.29) is 11.8 Å². The van der Waals surface area contributed by atoms with Crippen LogP contribution in [-0.4, -0.2) is 30.5 Å². The number of hydrogen-bond acceptors (Lipinski definition) is 3. The number of ether oxygens (including phenoxy) is 1. The Morgan fingerprint density at radius 2 is 2.18 bits per heavy atom. The van der Waals surface area contributed by atoms with E-state index in [4.69, 9.17) is 33.2 Å². The molecule has 0 aliphatic carbocycles. The lowest BCUT2D eigenvalue weighted by Crippen LogP contribution is -2.34. The van der Waals surface area contributed by atoms with E-state index in [0.717, 1.165) is 0 Å². The number of hydrogen-bond donors (Lipinski definition) is 0. The van der Waals surface area contributed by atoms with Crippen LogP contribution >= 0.6 is 23.2 Å². The Kier molecular flexibility index (Phi) is 8.08. The fraction of sp³-hybridized carbons (Fsp3) is 0.500. The van der Waals surface area contributed by atoms with Gasteiger partial charge in [-0.25, -0.2) is 0 Å². The predicted octanol–water partition coefficient (Wildman–Crippen LogP) is 4.16. The van der Waals surface area contributed by atoms with Crippen LogP contribution in [0.1, 0.15) is 26.7 Å². The summed E-state index contributed by atoms with van der Waals surface area (Å²) in [7, 11) is 0. The quantitative estimate of drug-likeness (QED) is 0.666. The third-order valence-electron chi connectivity index (χ3n) is 3.14. The highest BCUT2D eigenvalue weighted by Gasteiger charge is 2.14. The molecule has 22 heavy (non-hydrogen) atoms. The lowest BCUT2D eigenvalue weighted by molar-refractivity contribution is -0.131. The molecule has 1 rings (SSSR count). The molecule has 0 fully saturated rings. The minimum atomic E-state index is -0.159. The second kappa shape index (κ2) is 9.55. The molecular weight excluding hydrogens is 323 g/mol. The number of rotatable bonds is 8. The maximum Gasteiger partial charge on any atom is 0.222 e. The highest BCUT2D eigenvalue weighted by Crippen LogP contribution is 2.27. The monoisotopic (exact) mass is 342 g/mol. The molecule has 0 bridgehead atoms. The fourth-order valence-electron chi connectivity index (χ4n) is 1.93. The summed E-state index contributed by atoms with van der Waals surface area (Å²) in [6.45, 7) is 5.19. The van der Waals surface area contributed by atoms with Crippen LogP contribution in [0, 0.1) is 17.2 Å². The van der Waals surface area contributed by atoms with Crippen molar-refractivity contribution in [3.05, 3.63) is 28.2 Å². The second-order valence-corrected chi connectivity index (χ2v) is 5.83. The minimum absolute atomic E-state index is 0.0374. The zero-order valence-corrected chi connectivity index (χ0v) is 14.3. The van der Waals surface area contributed by atoms with Crippen LogP contribution < -0.4 is 4.74 Å². The Labute approximate surface area is 141 Å². The normalized spacial score (nSPS) is 11.6. The van der Waals surface area contributed by atoms with Gasteiger partial charge < -0.3 is 9.64 Å². The standard InChI is InChI=1S/C16H20Cl2N2O2/c1-3-20(11-12(2)10-19)16(21)5-4-8-22-15-7-6-13(17)9-14(15)18/h6-7,9,12H,3-5,8,11H2,1-2H3. The Balaban J connectivity index is 2.36. The molecular formula is C16H20Cl2N2O2. The van der Waals surface area contributed by atoms with Gasteiger partial charge in [0, 0.05) is 24.5 Å². The van der Waals surface area contributed by atoms with E-state index in [2.05, 4.69) is 6.07 Å². The van der Waals surface area contributed by atoms with Crippen LogP contribution in [0.15, 0.2) is 18.2 Å². The molecule has 1 atom stereocenters. The van der Waals surface area contributed by atoms with Crippen molar-refractivity contribution < 1.29 is 9.53 Å². The van der Waals surface area contributed by atoms with Crippen molar-refractivity contribution >= 4 is 29.1 Å². The van der Waals surface area contributed by atoms with Crippen LogP contribution in [0.5, 0.6) is 5.75 Å². The van der Waals surface area contributed by atoms with Crippen LogP contribution in [0.3, 0.4) is 0 Å². The molecule has 1 aromatic rings. The molecule has 6 heteroatoms. The van der Waals surface area contributed by atoms with Crippen molar-refractivity contribution in [2.45, 2.75) is 26.7 Å². The summed E-state index contributed by atoms with van der Waals surface area (Å²) in [6, 6.07) is 7.17. The first-order valence-corrected chi connectivity index (χ1v) is 7.98. The van der Waals surface area contributed by atoms with E-state index in [0.29, 0.717) is 48.3 Å². The summed E-state index contributed by atoms with van der Waals surface area (Å²) in [6.07, 6.45) is 0.979. The number of halogens is 2. The molecule has 0 saturated carbocycles. The predicted molar refractivity (Wildman–Crippen MR) is 88.2 cm³/mol. The van der Waals surface area contributed by atoms with Crippen LogP contribution in [0.2, 0.25) is 10.0 Å². The molecule has 0 aliphatic heterocycles. The van der Waals surface area contributed by atoms with E-state index < -0.39 is 0 Å². The summed E-state index contributed by atoms with van der Waals surface area (Å²) in [5, 5.41) is 9.83. The van der Waals surface area contributed by atoms with Crippen molar-refractivity contribution in [2.75, 3.05) is 19.7 Å². The Morgan fingerprint density at radius 1 is 1.45 bits per heavy atom. The first-order valence-electron chi connectivity index (χ1n) is 7.23. The molecule has 1 unspecified atom stereocenters. The molecule has 0 aliphatic rings. The molecule has 120 valence electrons. The summed E-state index contributed by atoms with van der Waals surface area (Å²) in [5.41, 5.74) is 0. The summed E-state index contributed by atoms with van der Waals surface area (Å²) < 4.78 is 5.54. The average Bonchev–Trinajstić information content (AvgIpc) is 2.50. The van der Waals surface area contributed by atoms with Gasteiger partial charge in [0.15, 0.2) is 0 Å². The van der Waals surface area contributed by atoms with Crippen molar-refractivity contribution in [3.8, 4) is 11.8 Å². The molecule has 0 heterocycles. The van der Waals surface area contributed by atoms with Gasteiger partial charge >= 0.3 is 0 Å². The zero-order valence-electron chi connectivity index (χ0n) is 12.8. The Hall–Kier alpha value is -1.44. The van der Waals surface area contributed by atoms with E-state index in [9.17, 15) is 4.79 Å². The SMILES string of the molecule is CCN(CC(C)C#N)C(=O)CCCOc1ccc(Cl)cc1Cl.